The number of benzene rings is 1. The van der Waals surface area contributed by atoms with E-state index in [4.69, 9.17) is 4.74 Å². The van der Waals surface area contributed by atoms with Crippen LogP contribution in [-0.4, -0.2) is 37.7 Å². The third-order valence-corrected chi connectivity index (χ3v) is 4.37. The molecule has 3 nitrogen and oxygen atoms in total. The summed E-state index contributed by atoms with van der Waals surface area (Å²) >= 11 is 3.54. The largest absolute Gasteiger partial charge is 0.492 e. The van der Waals surface area contributed by atoms with Gasteiger partial charge in [-0.2, -0.15) is 0 Å². The molecule has 4 heteroatoms. The number of nitrogens with one attached hydrogen (secondary N) is 1. The Bertz CT molecular complexity index is 419. The lowest BCUT2D eigenvalue weighted by atomic mass is 10.1. The molecule has 0 spiro atoms. The summed E-state index contributed by atoms with van der Waals surface area (Å²) in [5.41, 5.74) is 1.23. The lowest BCUT2D eigenvalue weighted by Crippen LogP contribution is -2.33. The van der Waals surface area contributed by atoms with Gasteiger partial charge in [-0.3, -0.25) is 4.90 Å². The van der Waals surface area contributed by atoms with Gasteiger partial charge >= 0.3 is 0 Å². The highest BCUT2D eigenvalue weighted by Gasteiger charge is 2.10. The van der Waals surface area contributed by atoms with Crippen molar-refractivity contribution in [2.24, 2.45) is 0 Å². The van der Waals surface area contributed by atoms with Crippen LogP contribution in [0.1, 0.15) is 38.2 Å². The maximum Gasteiger partial charge on any atom is 0.123 e. The number of hydrogen-bond acceptors (Lipinski definition) is 3. The molecule has 0 unspecified atom stereocenters. The summed E-state index contributed by atoms with van der Waals surface area (Å²) in [7, 11) is 0. The Labute approximate surface area is 137 Å². The molecule has 1 aliphatic rings. The highest BCUT2D eigenvalue weighted by molar-refractivity contribution is 9.10. The topological polar surface area (TPSA) is 24.5 Å². The second-order valence-corrected chi connectivity index (χ2v) is 6.60. The number of nitrogens with zero attached hydrogens (tertiary/aromatic N) is 1. The Balaban J connectivity index is 1.82. The third kappa shape index (κ3) is 5.97. The molecule has 0 aromatic heterocycles. The van der Waals surface area contributed by atoms with Gasteiger partial charge < -0.3 is 10.1 Å². The first-order valence-corrected chi connectivity index (χ1v) is 8.93. The molecule has 1 aliphatic heterocycles. The van der Waals surface area contributed by atoms with Gasteiger partial charge in [-0.1, -0.05) is 29.3 Å². The van der Waals surface area contributed by atoms with Gasteiger partial charge in [0.05, 0.1) is 0 Å². The zero-order valence-electron chi connectivity index (χ0n) is 13.0. The average Bonchev–Trinajstić information content (AvgIpc) is 2.51. The van der Waals surface area contributed by atoms with Crippen molar-refractivity contribution >= 4 is 15.9 Å². The predicted molar refractivity (Wildman–Crippen MR) is 91.9 cm³/mol. The van der Waals surface area contributed by atoms with Crippen LogP contribution >= 0.6 is 15.9 Å². The molecule has 1 saturated heterocycles. The van der Waals surface area contributed by atoms with Crippen molar-refractivity contribution in [1.82, 2.24) is 10.2 Å². The van der Waals surface area contributed by atoms with Gasteiger partial charge in [0.15, 0.2) is 0 Å². The molecular weight excluding hydrogens is 328 g/mol. The van der Waals surface area contributed by atoms with Crippen LogP contribution in [0.2, 0.25) is 0 Å². The molecule has 0 radical (unpaired) electrons. The normalized spacial score (nSPS) is 16.1. The van der Waals surface area contributed by atoms with Crippen molar-refractivity contribution in [2.75, 3.05) is 32.8 Å². The average molecular weight is 355 g/mol. The van der Waals surface area contributed by atoms with Gasteiger partial charge in [-0.15, -0.1) is 0 Å². The molecular formula is C17H27BrN2O. The Morgan fingerprint density at radius 3 is 2.81 bits per heavy atom. The molecule has 21 heavy (non-hydrogen) atoms. The van der Waals surface area contributed by atoms with E-state index < -0.39 is 0 Å². The van der Waals surface area contributed by atoms with E-state index in [2.05, 4.69) is 51.3 Å². The fourth-order valence-corrected chi connectivity index (χ4v) is 3.10. The van der Waals surface area contributed by atoms with Crippen molar-refractivity contribution in [3.63, 3.8) is 0 Å². The zero-order chi connectivity index (χ0) is 14.9. The van der Waals surface area contributed by atoms with Crippen LogP contribution in [0.5, 0.6) is 5.75 Å². The summed E-state index contributed by atoms with van der Waals surface area (Å²) in [6.45, 7) is 8.37. The second-order valence-electron chi connectivity index (χ2n) is 5.68. The first kappa shape index (κ1) is 16.8. The van der Waals surface area contributed by atoms with Crippen molar-refractivity contribution in [1.29, 1.82) is 0 Å². The number of ether oxygens (including phenoxy) is 1. The van der Waals surface area contributed by atoms with Crippen molar-refractivity contribution in [2.45, 2.75) is 39.2 Å². The minimum absolute atomic E-state index is 0.780. The van der Waals surface area contributed by atoms with Gasteiger partial charge in [0.2, 0.25) is 0 Å². The van der Waals surface area contributed by atoms with E-state index in [-0.39, 0.29) is 0 Å². The van der Waals surface area contributed by atoms with Crippen LogP contribution in [0.3, 0.4) is 0 Å². The fraction of sp³-hybridized carbons (Fsp3) is 0.647. The van der Waals surface area contributed by atoms with Crippen molar-refractivity contribution < 1.29 is 4.74 Å². The summed E-state index contributed by atoms with van der Waals surface area (Å²) < 4.78 is 7.13. The monoisotopic (exact) mass is 354 g/mol. The van der Waals surface area contributed by atoms with Crippen molar-refractivity contribution in [3.05, 3.63) is 28.2 Å². The van der Waals surface area contributed by atoms with Gasteiger partial charge in [0.25, 0.3) is 0 Å². The number of piperidine rings is 1. The molecule has 1 aromatic rings. The van der Waals surface area contributed by atoms with Gasteiger partial charge in [0.1, 0.15) is 12.4 Å². The minimum atomic E-state index is 0.780. The molecule has 0 aliphatic carbocycles. The van der Waals surface area contributed by atoms with Gasteiger partial charge in [-0.05, 0) is 57.1 Å². The molecule has 1 aromatic carbocycles. The van der Waals surface area contributed by atoms with E-state index in [0.29, 0.717) is 0 Å². The number of halogens is 1. The van der Waals surface area contributed by atoms with E-state index in [1.807, 2.05) is 0 Å². The molecule has 0 saturated carbocycles. The van der Waals surface area contributed by atoms with Gasteiger partial charge in [0, 0.05) is 23.1 Å². The van der Waals surface area contributed by atoms with Crippen LogP contribution in [0.25, 0.3) is 0 Å². The molecule has 1 N–H and O–H groups in total. The standard InChI is InChI=1S/C17H27BrN2O/c1-2-8-19-14-15-13-16(18)6-7-17(15)21-12-11-20-9-4-3-5-10-20/h6-7,13,19H,2-5,8-12,14H2,1H3. The summed E-state index contributed by atoms with van der Waals surface area (Å²) in [5, 5.41) is 3.45. The second kappa shape index (κ2) is 9.44. The summed E-state index contributed by atoms with van der Waals surface area (Å²) in [4.78, 5) is 2.51. The Hall–Kier alpha value is -0.580. The number of rotatable bonds is 8. The van der Waals surface area contributed by atoms with Crippen LogP contribution < -0.4 is 10.1 Å². The SMILES string of the molecule is CCCNCc1cc(Br)ccc1OCCN1CCCCC1. The third-order valence-electron chi connectivity index (χ3n) is 3.88. The summed E-state index contributed by atoms with van der Waals surface area (Å²) in [6, 6.07) is 6.28. The van der Waals surface area contributed by atoms with E-state index in [1.54, 1.807) is 0 Å². The first-order valence-electron chi connectivity index (χ1n) is 8.14. The highest BCUT2D eigenvalue weighted by Crippen LogP contribution is 2.23. The zero-order valence-corrected chi connectivity index (χ0v) is 14.6. The molecule has 0 amide bonds. The van der Waals surface area contributed by atoms with Crippen LogP contribution in [0, 0.1) is 0 Å². The minimum Gasteiger partial charge on any atom is -0.492 e. The lowest BCUT2D eigenvalue weighted by molar-refractivity contribution is 0.182. The highest BCUT2D eigenvalue weighted by atomic mass is 79.9. The predicted octanol–water partition coefficient (Wildman–Crippen LogP) is 3.81. The van der Waals surface area contributed by atoms with Gasteiger partial charge in [-0.25, -0.2) is 0 Å². The van der Waals surface area contributed by atoms with Crippen molar-refractivity contribution in [3.8, 4) is 5.75 Å². The molecule has 118 valence electrons. The summed E-state index contributed by atoms with van der Waals surface area (Å²) in [6.07, 6.45) is 5.21. The van der Waals surface area contributed by atoms with Crippen LogP contribution in [0.15, 0.2) is 22.7 Å². The lowest BCUT2D eigenvalue weighted by Gasteiger charge is -2.26. The molecule has 0 bridgehead atoms. The Morgan fingerprint density at radius 2 is 2.05 bits per heavy atom. The molecule has 1 heterocycles. The van der Waals surface area contributed by atoms with Crippen LogP contribution in [0.4, 0.5) is 0 Å². The quantitative estimate of drug-likeness (QED) is 0.718. The fourth-order valence-electron chi connectivity index (χ4n) is 2.69. The van der Waals surface area contributed by atoms with E-state index in [0.717, 1.165) is 42.9 Å². The smallest absolute Gasteiger partial charge is 0.123 e. The number of likely N-dealkylation sites (tertiary alicyclic amines) is 1. The van der Waals surface area contributed by atoms with E-state index >= 15 is 0 Å². The first-order chi connectivity index (χ1) is 10.3. The maximum absolute atomic E-state index is 6.02. The molecule has 0 atom stereocenters. The molecule has 1 fully saturated rings. The van der Waals surface area contributed by atoms with E-state index in [9.17, 15) is 0 Å². The number of hydrogen-bond donors (Lipinski definition) is 1. The van der Waals surface area contributed by atoms with E-state index in [1.165, 1.54) is 37.9 Å². The summed E-state index contributed by atoms with van der Waals surface area (Å²) in [5.74, 6) is 1.01. The van der Waals surface area contributed by atoms with Crippen LogP contribution in [-0.2, 0) is 6.54 Å². The maximum atomic E-state index is 6.02. The molecule has 2 rings (SSSR count). The Kier molecular flexibility index (Phi) is 7.54. The Morgan fingerprint density at radius 1 is 1.24 bits per heavy atom.